The Balaban J connectivity index is 1.59. The number of piperazine rings is 1. The van der Waals surface area contributed by atoms with Crippen molar-refractivity contribution >= 4 is 34.1 Å². The largest absolute Gasteiger partial charge is 0.336 e. The number of hydrogen-bond donors (Lipinski definition) is 1. The van der Waals surface area contributed by atoms with Crippen LogP contribution in [0.25, 0.3) is 11.4 Å². The van der Waals surface area contributed by atoms with Crippen LogP contribution in [-0.4, -0.2) is 74.3 Å². The number of carbonyl (C=O) groups excluding carboxylic acids is 1. The number of alkyl halides is 2. The summed E-state index contributed by atoms with van der Waals surface area (Å²) in [5.74, 6) is -0.599. The van der Waals surface area contributed by atoms with Crippen LogP contribution in [0.2, 0.25) is 0 Å². The van der Waals surface area contributed by atoms with Gasteiger partial charge < -0.3 is 9.80 Å². The zero-order valence-corrected chi connectivity index (χ0v) is 19.6. The summed E-state index contributed by atoms with van der Waals surface area (Å²) in [6, 6.07) is 5.21. The van der Waals surface area contributed by atoms with Gasteiger partial charge in [-0.2, -0.15) is 5.26 Å². The first-order valence-corrected chi connectivity index (χ1v) is 11.7. The number of hydrogen-bond acceptors (Lipinski definition) is 5. The van der Waals surface area contributed by atoms with Crippen LogP contribution in [0.1, 0.15) is 15.9 Å². The van der Waals surface area contributed by atoms with Crippen LogP contribution in [0.5, 0.6) is 0 Å². The van der Waals surface area contributed by atoms with E-state index in [0.717, 1.165) is 13.1 Å². The van der Waals surface area contributed by atoms with Gasteiger partial charge in [0, 0.05) is 43.0 Å². The molecular formula is C22H22FIN6O2. The monoisotopic (exact) mass is 548 g/mol. The topological polar surface area (TPSA) is 98.0 Å². The standard InChI is InChI=1S/C22H22FIN6O2/c1-28-6-8-29(9-7-28)21(31)15-3-5-19(26-12-15)30-22(32)18(13-27-30)16-4-2-14(11-25)20(23)17(16)10-24/h2-5,12-14,20,27H,6-10H2,1H3. The number of H-pyrrole nitrogens is 1. The van der Waals surface area contributed by atoms with Crippen molar-refractivity contribution in [3.05, 3.63) is 63.7 Å². The van der Waals surface area contributed by atoms with E-state index in [4.69, 9.17) is 5.26 Å². The second-order valence-corrected chi connectivity index (χ2v) is 8.58. The quantitative estimate of drug-likeness (QED) is 0.467. The van der Waals surface area contributed by atoms with Crippen LogP contribution in [0, 0.1) is 17.2 Å². The number of nitriles is 1. The molecule has 1 amide bonds. The summed E-state index contributed by atoms with van der Waals surface area (Å²) >= 11 is 2.04. The summed E-state index contributed by atoms with van der Waals surface area (Å²) in [4.78, 5) is 34.0. The molecule has 1 aliphatic heterocycles. The Kier molecular flexibility index (Phi) is 6.57. The number of nitrogens with zero attached hydrogens (tertiary/aromatic N) is 5. The fraction of sp³-hybridized carbons (Fsp3) is 0.364. The average molecular weight is 548 g/mol. The lowest BCUT2D eigenvalue weighted by Gasteiger charge is -2.32. The lowest BCUT2D eigenvalue weighted by atomic mass is 9.87. The van der Waals surface area contributed by atoms with Gasteiger partial charge in [0.15, 0.2) is 5.82 Å². The molecule has 0 aromatic carbocycles. The van der Waals surface area contributed by atoms with Gasteiger partial charge in [0.05, 0.1) is 23.1 Å². The average Bonchev–Trinajstić information content (AvgIpc) is 3.20. The molecule has 8 nitrogen and oxygen atoms in total. The minimum atomic E-state index is -1.45. The predicted molar refractivity (Wildman–Crippen MR) is 127 cm³/mol. The number of nitrogens with one attached hydrogen (secondary N) is 1. The Morgan fingerprint density at radius 2 is 2.09 bits per heavy atom. The van der Waals surface area contributed by atoms with Crippen molar-refractivity contribution in [1.29, 1.82) is 5.26 Å². The highest BCUT2D eigenvalue weighted by atomic mass is 127. The summed E-state index contributed by atoms with van der Waals surface area (Å²) in [7, 11) is 2.03. The van der Waals surface area contributed by atoms with Gasteiger partial charge in [-0.15, -0.1) is 0 Å². The summed E-state index contributed by atoms with van der Waals surface area (Å²) in [5, 5.41) is 12.0. The first-order valence-electron chi connectivity index (χ1n) is 10.2. The summed E-state index contributed by atoms with van der Waals surface area (Å²) in [5.41, 5.74) is 1.31. The molecular weight excluding hydrogens is 526 g/mol. The van der Waals surface area contributed by atoms with Crippen LogP contribution in [-0.2, 0) is 0 Å². The maximum atomic E-state index is 14.7. The van der Waals surface area contributed by atoms with Crippen LogP contribution in [0.15, 0.2) is 47.0 Å². The van der Waals surface area contributed by atoms with Crippen molar-refractivity contribution in [1.82, 2.24) is 24.6 Å². The molecule has 0 bridgehead atoms. The Hall–Kier alpha value is -2.78. The lowest BCUT2D eigenvalue weighted by Crippen LogP contribution is -2.47. The maximum absolute atomic E-state index is 14.7. The molecule has 3 heterocycles. The second kappa shape index (κ2) is 9.38. The van der Waals surface area contributed by atoms with E-state index in [1.165, 1.54) is 23.2 Å². The number of amides is 1. The van der Waals surface area contributed by atoms with Crippen molar-refractivity contribution in [2.45, 2.75) is 6.17 Å². The number of rotatable bonds is 4. The number of halogens is 2. The molecule has 2 aromatic rings. The van der Waals surface area contributed by atoms with E-state index in [2.05, 4.69) is 15.0 Å². The number of likely N-dealkylation sites (N-methyl/N-ethyl adjacent to an activating group) is 1. The minimum absolute atomic E-state index is 0.0816. The smallest absolute Gasteiger partial charge is 0.280 e. The lowest BCUT2D eigenvalue weighted by molar-refractivity contribution is 0.0663. The number of carbonyl (C=O) groups is 1. The van der Waals surface area contributed by atoms with Gasteiger partial charge in [-0.3, -0.25) is 14.7 Å². The summed E-state index contributed by atoms with van der Waals surface area (Å²) in [6.45, 7) is 2.99. The van der Waals surface area contributed by atoms with E-state index < -0.39 is 12.1 Å². The Bertz CT molecular complexity index is 1170. The highest BCUT2D eigenvalue weighted by Gasteiger charge is 2.29. The summed E-state index contributed by atoms with van der Waals surface area (Å²) in [6.07, 6.45) is 4.66. The third kappa shape index (κ3) is 4.14. The van der Waals surface area contributed by atoms with Crippen molar-refractivity contribution in [3.63, 3.8) is 0 Å². The molecule has 1 saturated heterocycles. The third-order valence-electron chi connectivity index (χ3n) is 5.83. The molecule has 10 heteroatoms. The molecule has 2 atom stereocenters. The Morgan fingerprint density at radius 3 is 2.72 bits per heavy atom. The molecule has 0 spiro atoms. The molecule has 4 rings (SSSR count). The molecule has 2 aromatic heterocycles. The maximum Gasteiger partial charge on any atom is 0.280 e. The SMILES string of the molecule is CN1CCN(C(=O)c2ccc(-n3[nH]cc(C4=C(CI)C(F)C(C#N)C=C4)c3=O)nc2)CC1. The molecule has 32 heavy (non-hydrogen) atoms. The Morgan fingerprint density at radius 1 is 1.34 bits per heavy atom. The van der Waals surface area contributed by atoms with Gasteiger partial charge in [0.2, 0.25) is 0 Å². The molecule has 0 radical (unpaired) electrons. The van der Waals surface area contributed by atoms with E-state index in [1.54, 1.807) is 23.1 Å². The molecule has 166 valence electrons. The van der Waals surface area contributed by atoms with Crippen molar-refractivity contribution in [2.75, 3.05) is 37.7 Å². The number of aromatic nitrogens is 3. The van der Waals surface area contributed by atoms with Crippen LogP contribution in [0.3, 0.4) is 0 Å². The zero-order valence-electron chi connectivity index (χ0n) is 17.5. The van der Waals surface area contributed by atoms with Gasteiger partial charge >= 0.3 is 0 Å². The van der Waals surface area contributed by atoms with Crippen molar-refractivity contribution in [3.8, 4) is 11.9 Å². The highest BCUT2D eigenvalue weighted by molar-refractivity contribution is 14.1. The van der Waals surface area contributed by atoms with Gasteiger partial charge in [-0.25, -0.2) is 14.1 Å². The fourth-order valence-corrected chi connectivity index (χ4v) is 4.69. The fourth-order valence-electron chi connectivity index (χ4n) is 3.86. The highest BCUT2D eigenvalue weighted by Crippen LogP contribution is 2.32. The minimum Gasteiger partial charge on any atom is -0.336 e. The summed E-state index contributed by atoms with van der Waals surface area (Å²) < 4.78 is 16.3. The normalized spacial score (nSPS) is 21.6. The van der Waals surface area contributed by atoms with Crippen LogP contribution >= 0.6 is 22.6 Å². The number of allylic oxidation sites excluding steroid dienone is 4. The molecule has 0 saturated carbocycles. The molecule has 2 aliphatic rings. The predicted octanol–water partition coefficient (Wildman–Crippen LogP) is 2.18. The van der Waals surface area contributed by atoms with Crippen molar-refractivity contribution < 1.29 is 9.18 Å². The Labute approximate surface area is 198 Å². The molecule has 1 fully saturated rings. The van der Waals surface area contributed by atoms with E-state index >= 15 is 0 Å². The number of pyridine rings is 1. The first-order chi connectivity index (χ1) is 15.4. The number of aromatic amines is 1. The van der Waals surface area contributed by atoms with Gasteiger partial charge in [0.25, 0.3) is 11.5 Å². The molecule has 2 unspecified atom stereocenters. The van der Waals surface area contributed by atoms with Gasteiger partial charge in [-0.1, -0.05) is 34.7 Å². The van der Waals surface area contributed by atoms with E-state index in [-0.39, 0.29) is 11.5 Å². The van der Waals surface area contributed by atoms with E-state index in [0.29, 0.717) is 45.6 Å². The van der Waals surface area contributed by atoms with Crippen LogP contribution < -0.4 is 5.56 Å². The van der Waals surface area contributed by atoms with Gasteiger partial charge in [-0.05, 0) is 30.3 Å². The van der Waals surface area contributed by atoms with Gasteiger partial charge in [0.1, 0.15) is 6.17 Å². The second-order valence-electron chi connectivity index (χ2n) is 7.82. The van der Waals surface area contributed by atoms with E-state index in [1.807, 2.05) is 35.7 Å². The zero-order chi connectivity index (χ0) is 22.8. The van der Waals surface area contributed by atoms with Crippen LogP contribution in [0.4, 0.5) is 4.39 Å². The molecule has 1 aliphatic carbocycles. The third-order valence-corrected chi connectivity index (χ3v) is 6.66. The van der Waals surface area contributed by atoms with E-state index in [9.17, 15) is 14.0 Å². The molecule has 1 N–H and O–H groups in total. The van der Waals surface area contributed by atoms with Crippen molar-refractivity contribution in [2.24, 2.45) is 5.92 Å². The first kappa shape index (κ1) is 22.4.